The molecule has 6 nitrogen and oxygen atoms in total. The van der Waals surface area contributed by atoms with E-state index in [4.69, 9.17) is 20.8 Å². The molecule has 4 saturated carbocycles. The van der Waals surface area contributed by atoms with Crippen molar-refractivity contribution in [3.63, 3.8) is 0 Å². The third-order valence-electron chi connectivity index (χ3n) is 15.3. The Morgan fingerprint density at radius 3 is 2.50 bits per heavy atom. The minimum Gasteiger partial charge on any atom is -0.455 e. The summed E-state index contributed by atoms with van der Waals surface area (Å²) in [7, 11) is 0. The number of aromatic nitrogens is 2. The number of carbonyl (C=O) groups excluding carboxylic acids is 1. The van der Waals surface area contributed by atoms with E-state index >= 15 is 0 Å². The molecule has 2 aromatic rings. The number of aliphatic hydroxyl groups is 1. The molecule has 46 heavy (non-hydrogen) atoms. The summed E-state index contributed by atoms with van der Waals surface area (Å²) in [6, 6.07) is 7.36. The fourth-order valence-electron chi connectivity index (χ4n) is 12.2. The molecule has 1 N–H and O–H groups in total. The monoisotopic (exact) mass is 648 g/mol. The first-order valence-corrected chi connectivity index (χ1v) is 18.2. The molecule has 5 aliphatic carbocycles. The van der Waals surface area contributed by atoms with Crippen molar-refractivity contribution in [2.45, 2.75) is 119 Å². The number of hydrogen-bond donors (Lipinski definition) is 1. The maximum Gasteiger partial charge on any atom is 0.313 e. The van der Waals surface area contributed by atoms with Gasteiger partial charge in [-0.1, -0.05) is 83.8 Å². The van der Waals surface area contributed by atoms with Crippen molar-refractivity contribution in [3.8, 4) is 11.5 Å². The largest absolute Gasteiger partial charge is 0.455 e. The normalized spacial score (nSPS) is 42.9. The number of hydrogen-bond acceptors (Lipinski definition) is 6. The van der Waals surface area contributed by atoms with Gasteiger partial charge in [-0.25, -0.2) is 0 Å². The van der Waals surface area contributed by atoms with Crippen molar-refractivity contribution in [2.24, 2.45) is 56.7 Å². The van der Waals surface area contributed by atoms with Gasteiger partial charge in [0, 0.05) is 0 Å². The van der Waals surface area contributed by atoms with Crippen molar-refractivity contribution >= 4 is 17.6 Å². The second-order valence-electron chi connectivity index (χ2n) is 17.2. The molecule has 0 bridgehead atoms. The Morgan fingerprint density at radius 2 is 1.74 bits per heavy atom. The van der Waals surface area contributed by atoms with Crippen LogP contribution >= 0.6 is 11.6 Å². The fourth-order valence-corrected chi connectivity index (χ4v) is 12.4. The molecule has 1 aromatic heterocycles. The summed E-state index contributed by atoms with van der Waals surface area (Å²) in [5, 5.41) is 20.0. The van der Waals surface area contributed by atoms with Gasteiger partial charge in [0.15, 0.2) is 6.61 Å². The number of aliphatic hydroxyl groups excluding tert-OH is 1. The summed E-state index contributed by atoms with van der Waals surface area (Å²) >= 11 is 6.35. The summed E-state index contributed by atoms with van der Waals surface area (Å²) in [5.74, 6) is 2.69. The van der Waals surface area contributed by atoms with Gasteiger partial charge in [-0.15, -0.1) is 10.2 Å². The Bertz CT molecular complexity index is 1550. The SMILES string of the molecule is C[C@H]1[C@H](C)CC[C@]2(C(=O)OCc3nnc(-c4ccccc4Cl)o3)CC[C@]3(C)C(=CC[C@@H]4[C@@]5(C)CC[C@H](O)C(C)(C)[C@@H]5CC[C@]43C)[C@H]12. The van der Waals surface area contributed by atoms with Gasteiger partial charge in [0.1, 0.15) is 0 Å². The topological polar surface area (TPSA) is 85.5 Å². The van der Waals surface area contributed by atoms with Gasteiger partial charge in [-0.2, -0.15) is 0 Å². The van der Waals surface area contributed by atoms with E-state index in [1.807, 2.05) is 18.2 Å². The highest BCUT2D eigenvalue weighted by Crippen LogP contribution is 2.75. The number of carbonyl (C=O) groups is 1. The Labute approximate surface area is 280 Å². The maximum atomic E-state index is 14.4. The molecule has 5 aliphatic rings. The van der Waals surface area contributed by atoms with Crippen LogP contribution in [0.1, 0.15) is 112 Å². The summed E-state index contributed by atoms with van der Waals surface area (Å²) in [5.41, 5.74) is 1.98. The van der Waals surface area contributed by atoms with Gasteiger partial charge in [0.2, 0.25) is 5.89 Å². The first-order valence-electron chi connectivity index (χ1n) is 17.8. The fraction of sp³-hybridized carbons (Fsp3) is 0.718. The zero-order chi connectivity index (χ0) is 32.9. The number of benzene rings is 1. The van der Waals surface area contributed by atoms with E-state index in [0.29, 0.717) is 40.1 Å². The molecular formula is C39H53ClN2O4. The van der Waals surface area contributed by atoms with Crippen molar-refractivity contribution in [3.05, 3.63) is 46.8 Å². The second-order valence-corrected chi connectivity index (χ2v) is 17.6. The standard InChI is InChI=1S/C39H53ClN2O4/c1-23-14-19-39(34(44)45-22-31-41-42-33(46-31)25-10-8-9-11-27(25)40)21-20-37(6)26(32(39)24(23)2)12-13-29-36(5)17-16-30(43)35(3,4)28(36)15-18-38(29,37)7/h8-12,23-24,28-30,32,43H,13-22H2,1-7H3/t23-,24+,28+,29-,30+,32+,36+,37-,38-,39+/m1/s1. The third kappa shape index (κ3) is 4.40. The lowest BCUT2D eigenvalue weighted by molar-refractivity contribution is -0.207. The lowest BCUT2D eigenvalue weighted by Crippen LogP contribution is -2.65. The molecule has 0 aliphatic heterocycles. The van der Waals surface area contributed by atoms with E-state index in [0.717, 1.165) is 44.9 Å². The van der Waals surface area contributed by atoms with Crippen molar-refractivity contribution in [1.82, 2.24) is 10.2 Å². The van der Waals surface area contributed by atoms with Crippen LogP contribution in [0.2, 0.25) is 5.02 Å². The van der Waals surface area contributed by atoms with Crippen LogP contribution < -0.4 is 0 Å². The van der Waals surface area contributed by atoms with E-state index < -0.39 is 5.41 Å². The molecule has 0 spiro atoms. The average molecular weight is 649 g/mol. The minimum absolute atomic E-state index is 0.0280. The van der Waals surface area contributed by atoms with Crippen molar-refractivity contribution in [2.75, 3.05) is 0 Å². The number of allylic oxidation sites excluding steroid dienone is 2. The van der Waals surface area contributed by atoms with Crippen LogP contribution in [-0.4, -0.2) is 27.4 Å². The highest BCUT2D eigenvalue weighted by atomic mass is 35.5. The zero-order valence-electron chi connectivity index (χ0n) is 28.9. The van der Waals surface area contributed by atoms with Gasteiger partial charge in [-0.05, 0) is 121 Å². The number of ether oxygens (including phenoxy) is 1. The summed E-state index contributed by atoms with van der Waals surface area (Å²) < 4.78 is 12.0. The molecule has 1 aromatic carbocycles. The third-order valence-corrected chi connectivity index (χ3v) is 15.6. The van der Waals surface area contributed by atoms with E-state index in [9.17, 15) is 9.90 Å². The Kier molecular flexibility index (Phi) is 7.68. The minimum atomic E-state index is -0.538. The number of fused-ring (bicyclic) bond motifs is 7. The molecule has 0 unspecified atom stereocenters. The van der Waals surface area contributed by atoms with E-state index in [1.54, 1.807) is 6.07 Å². The van der Waals surface area contributed by atoms with Crippen molar-refractivity contribution < 1.29 is 19.1 Å². The molecular weight excluding hydrogens is 596 g/mol. The van der Waals surface area contributed by atoms with E-state index in [1.165, 1.54) is 18.4 Å². The first-order chi connectivity index (χ1) is 21.7. The smallest absolute Gasteiger partial charge is 0.313 e. The molecule has 0 saturated heterocycles. The molecule has 250 valence electrons. The summed E-state index contributed by atoms with van der Waals surface area (Å²) in [6.45, 7) is 17.0. The molecule has 7 heteroatoms. The highest BCUT2D eigenvalue weighted by Gasteiger charge is 2.69. The number of rotatable bonds is 4. The van der Waals surface area contributed by atoms with Crippen LogP contribution in [0.3, 0.4) is 0 Å². The van der Waals surface area contributed by atoms with Crippen LogP contribution in [0.25, 0.3) is 11.5 Å². The van der Waals surface area contributed by atoms with Crippen LogP contribution in [0, 0.1) is 56.7 Å². The van der Waals surface area contributed by atoms with E-state index in [-0.39, 0.29) is 52.1 Å². The Morgan fingerprint density at radius 1 is 0.978 bits per heavy atom. The van der Waals surface area contributed by atoms with Gasteiger partial charge < -0.3 is 14.3 Å². The lowest BCUT2D eigenvalue weighted by atomic mass is 9.33. The first kappa shape index (κ1) is 32.4. The predicted octanol–water partition coefficient (Wildman–Crippen LogP) is 9.45. The summed E-state index contributed by atoms with van der Waals surface area (Å²) in [6.07, 6.45) is 11.5. The number of halogens is 1. The Hall–Kier alpha value is -2.18. The Balaban J connectivity index is 1.19. The van der Waals surface area contributed by atoms with Crippen LogP contribution in [0.5, 0.6) is 0 Å². The number of nitrogens with zero attached hydrogens (tertiary/aromatic N) is 2. The molecule has 1 heterocycles. The number of esters is 1. The second kappa shape index (κ2) is 10.9. The van der Waals surface area contributed by atoms with Gasteiger partial charge in [0.05, 0.1) is 22.1 Å². The zero-order valence-corrected chi connectivity index (χ0v) is 29.6. The highest BCUT2D eigenvalue weighted by molar-refractivity contribution is 6.33. The summed E-state index contributed by atoms with van der Waals surface area (Å²) in [4.78, 5) is 14.4. The quantitative estimate of drug-likeness (QED) is 0.263. The molecule has 7 rings (SSSR count). The van der Waals surface area contributed by atoms with Crippen LogP contribution in [0.4, 0.5) is 0 Å². The molecule has 10 atom stereocenters. The van der Waals surface area contributed by atoms with Gasteiger partial charge >= 0.3 is 5.97 Å². The lowest BCUT2D eigenvalue weighted by Gasteiger charge is -2.71. The van der Waals surface area contributed by atoms with Crippen LogP contribution in [0.15, 0.2) is 40.3 Å². The predicted molar refractivity (Wildman–Crippen MR) is 180 cm³/mol. The van der Waals surface area contributed by atoms with Gasteiger partial charge in [0.25, 0.3) is 5.89 Å². The molecule has 0 amide bonds. The van der Waals surface area contributed by atoms with Gasteiger partial charge in [-0.3, -0.25) is 4.79 Å². The van der Waals surface area contributed by atoms with Crippen LogP contribution in [-0.2, 0) is 16.1 Å². The maximum absolute atomic E-state index is 14.4. The van der Waals surface area contributed by atoms with E-state index in [2.05, 4.69) is 64.7 Å². The molecule has 4 fully saturated rings. The van der Waals surface area contributed by atoms with Crippen molar-refractivity contribution in [1.29, 1.82) is 0 Å². The average Bonchev–Trinajstić information content (AvgIpc) is 3.49. The molecule has 0 radical (unpaired) electrons.